The molecule has 0 aromatic heterocycles. The number of aliphatic carboxylic acids is 1. The predicted octanol–water partition coefficient (Wildman–Crippen LogP) is 2.87. The highest BCUT2D eigenvalue weighted by Crippen LogP contribution is 2.41. The fourth-order valence-corrected chi connectivity index (χ4v) is 3.91. The number of ether oxygens (including phenoxy) is 2. The van der Waals surface area contributed by atoms with Crippen LogP contribution in [0.1, 0.15) is 52.9 Å². The number of rotatable bonds is 9. The van der Waals surface area contributed by atoms with E-state index >= 15 is 0 Å². The molecule has 0 unspecified atom stereocenters. The number of aliphatic hydroxyl groups is 1. The Labute approximate surface area is 171 Å². The molecular formula is C22H32O7. The number of esters is 2. The number of carbonyl (C=O) groups excluding carboxylic acids is 2. The number of aliphatic hydroxyl groups excluding tert-OH is 1. The normalized spacial score (nSPS) is 27.9. The number of carboxylic acids is 1. The summed E-state index contributed by atoms with van der Waals surface area (Å²) in [6.45, 7) is 5.97. The first-order valence-corrected chi connectivity index (χ1v) is 10.4. The van der Waals surface area contributed by atoms with Crippen molar-refractivity contribution in [1.82, 2.24) is 0 Å². The summed E-state index contributed by atoms with van der Waals surface area (Å²) < 4.78 is 11.2. The van der Waals surface area contributed by atoms with Gasteiger partial charge in [0.15, 0.2) is 0 Å². The third kappa shape index (κ3) is 6.42. The monoisotopic (exact) mass is 408 g/mol. The van der Waals surface area contributed by atoms with E-state index in [2.05, 4.69) is 18.2 Å². The third-order valence-corrected chi connectivity index (χ3v) is 5.88. The van der Waals surface area contributed by atoms with Crippen molar-refractivity contribution in [3.05, 3.63) is 23.8 Å². The van der Waals surface area contributed by atoms with Crippen molar-refractivity contribution in [3.8, 4) is 0 Å². The van der Waals surface area contributed by atoms with E-state index in [1.54, 1.807) is 0 Å². The van der Waals surface area contributed by atoms with Crippen molar-refractivity contribution >= 4 is 17.9 Å². The molecule has 0 aromatic carbocycles. The van der Waals surface area contributed by atoms with Gasteiger partial charge in [0.25, 0.3) is 0 Å². The van der Waals surface area contributed by atoms with E-state index in [-0.39, 0.29) is 48.8 Å². The summed E-state index contributed by atoms with van der Waals surface area (Å²) in [5.74, 6) is -2.14. The van der Waals surface area contributed by atoms with Gasteiger partial charge in [-0.05, 0) is 30.8 Å². The van der Waals surface area contributed by atoms with Gasteiger partial charge >= 0.3 is 17.9 Å². The summed E-state index contributed by atoms with van der Waals surface area (Å²) in [6.07, 6.45) is 6.18. The van der Waals surface area contributed by atoms with Crippen LogP contribution in [0.15, 0.2) is 23.8 Å². The summed E-state index contributed by atoms with van der Waals surface area (Å²) in [4.78, 5) is 35.0. The van der Waals surface area contributed by atoms with Crippen molar-refractivity contribution < 1.29 is 34.1 Å². The van der Waals surface area contributed by atoms with Gasteiger partial charge in [-0.15, -0.1) is 0 Å². The van der Waals surface area contributed by atoms with E-state index in [9.17, 15) is 19.5 Å². The Kier molecular flexibility index (Phi) is 8.44. The van der Waals surface area contributed by atoms with Crippen LogP contribution in [-0.4, -0.2) is 46.9 Å². The average Bonchev–Trinajstić information content (AvgIpc) is 2.66. The zero-order valence-electron chi connectivity index (χ0n) is 17.4. The second-order valence-electron chi connectivity index (χ2n) is 8.11. The van der Waals surface area contributed by atoms with Crippen LogP contribution < -0.4 is 0 Å². The first-order chi connectivity index (χ1) is 13.7. The summed E-state index contributed by atoms with van der Waals surface area (Å²) in [7, 11) is 0. The highest BCUT2D eigenvalue weighted by molar-refractivity contribution is 5.73. The van der Waals surface area contributed by atoms with Crippen LogP contribution in [-0.2, 0) is 23.9 Å². The second-order valence-corrected chi connectivity index (χ2v) is 8.11. The van der Waals surface area contributed by atoms with Gasteiger partial charge < -0.3 is 19.7 Å². The lowest BCUT2D eigenvalue weighted by Gasteiger charge is -2.41. The summed E-state index contributed by atoms with van der Waals surface area (Å²) in [5, 5.41) is 18.3. The van der Waals surface area contributed by atoms with Crippen LogP contribution in [0.25, 0.3) is 0 Å². The van der Waals surface area contributed by atoms with Crippen molar-refractivity contribution in [2.24, 2.45) is 23.7 Å². The van der Waals surface area contributed by atoms with E-state index in [0.717, 1.165) is 24.8 Å². The van der Waals surface area contributed by atoms with Crippen LogP contribution in [0.4, 0.5) is 0 Å². The first-order valence-electron chi connectivity index (χ1n) is 10.4. The number of carbonyl (C=O) groups is 3. The number of hydrogen-bond acceptors (Lipinski definition) is 6. The first kappa shape index (κ1) is 23.1. The van der Waals surface area contributed by atoms with Crippen LogP contribution in [0.2, 0.25) is 0 Å². The lowest BCUT2D eigenvalue weighted by atomic mass is 9.68. The molecular weight excluding hydrogens is 376 g/mol. The summed E-state index contributed by atoms with van der Waals surface area (Å²) in [5.41, 5.74) is 1.10. The molecule has 0 saturated heterocycles. The van der Waals surface area contributed by atoms with Gasteiger partial charge in [0, 0.05) is 11.8 Å². The maximum absolute atomic E-state index is 12.4. The molecule has 0 fully saturated rings. The molecule has 2 aliphatic carbocycles. The molecule has 162 valence electrons. The number of allylic oxidation sites excluding steroid dienone is 3. The minimum Gasteiger partial charge on any atom is -0.481 e. The molecule has 0 saturated carbocycles. The standard InChI is InChI=1S/C22H32O7/c1-4-13(2)22(27)29-18-7-5-6-15-9-8-14(3)17(21(15)18)12-28-20(26)11-16(23)10-19(24)25/h6,8-9,13-14,16-18,21,23H,4-5,7,10-12H2,1-3H3,(H,24,25)/t13-,14-,16+,17-,18-,21-/m0/s1. The maximum atomic E-state index is 12.4. The Hall–Kier alpha value is -2.15. The third-order valence-electron chi connectivity index (χ3n) is 5.88. The minimum absolute atomic E-state index is 0.0477. The highest BCUT2D eigenvalue weighted by atomic mass is 16.5. The molecule has 0 bridgehead atoms. The molecule has 29 heavy (non-hydrogen) atoms. The van der Waals surface area contributed by atoms with Gasteiger partial charge in [0.05, 0.1) is 31.5 Å². The quantitative estimate of drug-likeness (QED) is 0.565. The zero-order valence-corrected chi connectivity index (χ0v) is 17.4. The molecule has 0 aliphatic heterocycles. The Morgan fingerprint density at radius 3 is 2.66 bits per heavy atom. The number of hydrogen-bond donors (Lipinski definition) is 2. The van der Waals surface area contributed by atoms with E-state index in [1.165, 1.54) is 0 Å². The average molecular weight is 408 g/mol. The van der Waals surface area contributed by atoms with Gasteiger partial charge in [0.1, 0.15) is 6.10 Å². The SMILES string of the molecule is CC[C@H](C)C(=O)O[C@H]1CCC=C2C=C[C@H](C)[C@H](COC(=O)C[C@H](O)CC(=O)O)[C@H]21. The Morgan fingerprint density at radius 1 is 1.28 bits per heavy atom. The smallest absolute Gasteiger partial charge is 0.308 e. The largest absolute Gasteiger partial charge is 0.481 e. The molecule has 7 nitrogen and oxygen atoms in total. The second kappa shape index (κ2) is 10.6. The van der Waals surface area contributed by atoms with Crippen molar-refractivity contribution in [2.45, 2.75) is 65.1 Å². The Bertz CT molecular complexity index is 666. The fourth-order valence-electron chi connectivity index (χ4n) is 3.91. The minimum atomic E-state index is -1.27. The van der Waals surface area contributed by atoms with Gasteiger partial charge in [-0.2, -0.15) is 0 Å². The van der Waals surface area contributed by atoms with Gasteiger partial charge in [-0.25, -0.2) is 0 Å². The molecule has 2 N–H and O–H groups in total. The number of fused-ring (bicyclic) bond motifs is 1. The van der Waals surface area contributed by atoms with E-state index in [0.29, 0.717) is 0 Å². The van der Waals surface area contributed by atoms with Crippen molar-refractivity contribution in [1.29, 1.82) is 0 Å². The van der Waals surface area contributed by atoms with Crippen LogP contribution in [0.3, 0.4) is 0 Å². The van der Waals surface area contributed by atoms with Gasteiger partial charge in [-0.3, -0.25) is 14.4 Å². The molecule has 2 rings (SSSR count). The topological polar surface area (TPSA) is 110 Å². The molecule has 7 heteroatoms. The molecule has 0 aromatic rings. The van der Waals surface area contributed by atoms with Crippen LogP contribution in [0, 0.1) is 23.7 Å². The maximum Gasteiger partial charge on any atom is 0.308 e. The molecule has 0 heterocycles. The number of carboxylic acid groups (broad SMARTS) is 1. The van der Waals surface area contributed by atoms with Crippen LogP contribution >= 0.6 is 0 Å². The van der Waals surface area contributed by atoms with E-state index in [4.69, 9.17) is 14.6 Å². The van der Waals surface area contributed by atoms with Crippen LogP contribution in [0.5, 0.6) is 0 Å². The van der Waals surface area contributed by atoms with E-state index in [1.807, 2.05) is 20.8 Å². The Balaban J connectivity index is 2.04. The summed E-state index contributed by atoms with van der Waals surface area (Å²) >= 11 is 0. The van der Waals surface area contributed by atoms with Gasteiger partial charge in [0.2, 0.25) is 0 Å². The van der Waals surface area contributed by atoms with Crippen molar-refractivity contribution in [2.75, 3.05) is 6.61 Å². The lowest BCUT2D eigenvalue weighted by molar-refractivity contribution is -0.160. The molecule has 0 radical (unpaired) electrons. The summed E-state index contributed by atoms with van der Waals surface area (Å²) in [6, 6.07) is 0. The zero-order chi connectivity index (χ0) is 21.6. The molecule has 6 atom stereocenters. The fraction of sp³-hybridized carbons (Fsp3) is 0.682. The Morgan fingerprint density at radius 2 is 2.00 bits per heavy atom. The molecule has 0 spiro atoms. The molecule has 0 amide bonds. The van der Waals surface area contributed by atoms with Crippen molar-refractivity contribution in [3.63, 3.8) is 0 Å². The van der Waals surface area contributed by atoms with E-state index < -0.39 is 24.5 Å². The lowest BCUT2D eigenvalue weighted by Crippen LogP contribution is -2.42. The van der Waals surface area contributed by atoms with Gasteiger partial charge in [-0.1, -0.05) is 39.0 Å². The molecule has 2 aliphatic rings. The highest BCUT2D eigenvalue weighted by Gasteiger charge is 2.41. The predicted molar refractivity (Wildman–Crippen MR) is 106 cm³/mol.